The van der Waals surface area contributed by atoms with Crippen molar-refractivity contribution in [3.63, 3.8) is 0 Å². The van der Waals surface area contributed by atoms with E-state index in [9.17, 15) is 19.1 Å². The Morgan fingerprint density at radius 2 is 1.80 bits per heavy atom. The molecule has 0 radical (unpaired) electrons. The van der Waals surface area contributed by atoms with Gasteiger partial charge in [-0.1, -0.05) is 18.2 Å². The Hall–Kier alpha value is -4.57. The monoisotopic (exact) mass is 557 g/mol. The van der Waals surface area contributed by atoms with Crippen LogP contribution in [0.15, 0.2) is 79.0 Å². The van der Waals surface area contributed by atoms with Gasteiger partial charge in [0.05, 0.1) is 29.0 Å². The minimum atomic E-state index is -0.980. The molecule has 5 rings (SSSR count). The van der Waals surface area contributed by atoms with E-state index in [1.807, 2.05) is 36.9 Å². The average molecular weight is 558 g/mol. The lowest BCUT2D eigenvalue weighted by Crippen LogP contribution is -2.33. The number of anilines is 1. The molecule has 1 aliphatic rings. The van der Waals surface area contributed by atoms with E-state index in [2.05, 4.69) is 26.3 Å². The SMILES string of the molecule is Cc1cc([C@@H]2[C@@H](c3ccccn3)NC(=S)N2CCC(=O)Nc2ccccc2F)c(C)n1-c1ccc(C(=O)O)cc1. The van der Waals surface area contributed by atoms with Crippen LogP contribution < -0.4 is 10.6 Å². The van der Waals surface area contributed by atoms with Crippen molar-refractivity contribution in [1.82, 2.24) is 19.8 Å². The van der Waals surface area contributed by atoms with Gasteiger partial charge in [0.25, 0.3) is 0 Å². The number of carbonyl (C=O) groups is 2. The van der Waals surface area contributed by atoms with Gasteiger partial charge in [-0.05, 0) is 86.2 Å². The highest BCUT2D eigenvalue weighted by atomic mass is 32.1. The van der Waals surface area contributed by atoms with Crippen molar-refractivity contribution in [2.45, 2.75) is 32.4 Å². The molecular weight excluding hydrogens is 529 g/mol. The van der Waals surface area contributed by atoms with Crippen LogP contribution in [0.4, 0.5) is 10.1 Å². The number of halogens is 1. The van der Waals surface area contributed by atoms with E-state index in [4.69, 9.17) is 12.2 Å². The number of pyridine rings is 1. The average Bonchev–Trinajstić information content (AvgIpc) is 3.43. The van der Waals surface area contributed by atoms with Crippen molar-refractivity contribution in [2.75, 3.05) is 11.9 Å². The molecule has 204 valence electrons. The molecule has 0 saturated carbocycles. The van der Waals surface area contributed by atoms with Crippen molar-refractivity contribution in [1.29, 1.82) is 0 Å². The smallest absolute Gasteiger partial charge is 0.335 e. The largest absolute Gasteiger partial charge is 0.478 e. The number of nitrogens with zero attached hydrogens (tertiary/aromatic N) is 3. The second kappa shape index (κ2) is 11.3. The van der Waals surface area contributed by atoms with Crippen LogP contribution in [0, 0.1) is 19.7 Å². The molecule has 40 heavy (non-hydrogen) atoms. The first-order chi connectivity index (χ1) is 19.2. The second-order valence-corrected chi connectivity index (χ2v) is 10.00. The number of carboxylic acid groups (broad SMARTS) is 1. The van der Waals surface area contributed by atoms with Crippen LogP contribution in [-0.2, 0) is 4.79 Å². The topological polar surface area (TPSA) is 99.5 Å². The number of thiocarbonyl (C=S) groups is 1. The highest BCUT2D eigenvalue weighted by molar-refractivity contribution is 7.80. The lowest BCUT2D eigenvalue weighted by atomic mass is 9.96. The number of aryl methyl sites for hydroxylation is 1. The summed E-state index contributed by atoms with van der Waals surface area (Å²) in [7, 11) is 0. The van der Waals surface area contributed by atoms with Crippen LogP contribution in [0.2, 0.25) is 0 Å². The fourth-order valence-electron chi connectivity index (χ4n) is 5.22. The number of hydrogen-bond acceptors (Lipinski definition) is 4. The molecule has 2 atom stereocenters. The van der Waals surface area contributed by atoms with Crippen molar-refractivity contribution in [2.24, 2.45) is 0 Å². The van der Waals surface area contributed by atoms with Gasteiger partial charge in [0.2, 0.25) is 5.91 Å². The van der Waals surface area contributed by atoms with Crippen LogP contribution in [0.1, 0.15) is 51.5 Å². The van der Waals surface area contributed by atoms with Gasteiger partial charge in [0, 0.05) is 36.2 Å². The number of rotatable bonds is 8. The highest BCUT2D eigenvalue weighted by Gasteiger charge is 2.41. The molecular formula is C30H28FN5O3S. The van der Waals surface area contributed by atoms with Crippen molar-refractivity contribution < 1.29 is 19.1 Å². The molecule has 10 heteroatoms. The van der Waals surface area contributed by atoms with Crippen LogP contribution in [0.3, 0.4) is 0 Å². The number of carboxylic acids is 1. The first-order valence-electron chi connectivity index (χ1n) is 12.8. The second-order valence-electron chi connectivity index (χ2n) is 9.61. The summed E-state index contributed by atoms with van der Waals surface area (Å²) in [5, 5.41) is 15.8. The third-order valence-corrected chi connectivity index (χ3v) is 7.44. The third kappa shape index (κ3) is 5.30. The number of para-hydroxylation sites is 1. The Morgan fingerprint density at radius 1 is 1.07 bits per heavy atom. The van der Waals surface area contributed by atoms with E-state index in [-0.39, 0.29) is 35.7 Å². The maximum absolute atomic E-state index is 14.1. The fraction of sp³-hybridized carbons (Fsp3) is 0.200. The van der Waals surface area contributed by atoms with Crippen LogP contribution >= 0.6 is 12.2 Å². The molecule has 2 aromatic heterocycles. The van der Waals surface area contributed by atoms with Gasteiger partial charge in [0.15, 0.2) is 5.11 Å². The van der Waals surface area contributed by atoms with Gasteiger partial charge >= 0.3 is 5.97 Å². The number of nitrogens with one attached hydrogen (secondary N) is 2. The zero-order valence-corrected chi connectivity index (χ0v) is 22.8. The van der Waals surface area contributed by atoms with Crippen molar-refractivity contribution in [3.05, 3.63) is 113 Å². The van der Waals surface area contributed by atoms with Gasteiger partial charge in [-0.2, -0.15) is 0 Å². The predicted octanol–water partition coefficient (Wildman–Crippen LogP) is 5.33. The number of amides is 1. The molecule has 1 fully saturated rings. The number of hydrogen-bond donors (Lipinski definition) is 3. The Morgan fingerprint density at radius 3 is 2.48 bits per heavy atom. The predicted molar refractivity (Wildman–Crippen MR) is 154 cm³/mol. The lowest BCUT2D eigenvalue weighted by Gasteiger charge is -2.28. The number of carbonyl (C=O) groups excluding carboxylic acids is 1. The zero-order valence-electron chi connectivity index (χ0n) is 22.0. The first kappa shape index (κ1) is 27.0. The Kier molecular flexibility index (Phi) is 7.61. The molecule has 0 aliphatic carbocycles. The summed E-state index contributed by atoms with van der Waals surface area (Å²) >= 11 is 5.75. The molecule has 1 aliphatic heterocycles. The van der Waals surface area contributed by atoms with Gasteiger partial charge in [0.1, 0.15) is 5.82 Å². The first-order valence-corrected chi connectivity index (χ1v) is 13.2. The van der Waals surface area contributed by atoms with Crippen LogP contribution in [0.25, 0.3) is 5.69 Å². The Balaban J connectivity index is 1.47. The summed E-state index contributed by atoms with van der Waals surface area (Å²) in [6.45, 7) is 4.30. The minimum Gasteiger partial charge on any atom is -0.478 e. The Labute approximate surface area is 236 Å². The quantitative estimate of drug-likeness (QED) is 0.252. The summed E-state index contributed by atoms with van der Waals surface area (Å²) in [5.41, 5.74) is 4.91. The molecule has 8 nitrogen and oxygen atoms in total. The number of aromatic carboxylic acids is 1. The fourth-order valence-corrected chi connectivity index (χ4v) is 5.55. The Bertz CT molecular complexity index is 1570. The summed E-state index contributed by atoms with van der Waals surface area (Å²) in [4.78, 5) is 30.7. The molecule has 3 heterocycles. The maximum Gasteiger partial charge on any atom is 0.335 e. The van der Waals surface area contributed by atoms with Gasteiger partial charge in [-0.25, -0.2) is 9.18 Å². The van der Waals surface area contributed by atoms with E-state index in [0.717, 1.165) is 28.3 Å². The summed E-state index contributed by atoms with van der Waals surface area (Å²) in [6, 6.07) is 20.0. The van der Waals surface area contributed by atoms with Gasteiger partial charge < -0.3 is 25.2 Å². The van der Waals surface area contributed by atoms with Crippen LogP contribution in [0.5, 0.6) is 0 Å². The molecule has 0 bridgehead atoms. The number of aromatic nitrogens is 2. The molecule has 3 N–H and O–H groups in total. The highest BCUT2D eigenvalue weighted by Crippen LogP contribution is 2.41. The summed E-state index contributed by atoms with van der Waals surface area (Å²) in [5.74, 6) is -1.80. The normalized spacial score (nSPS) is 16.6. The third-order valence-electron chi connectivity index (χ3n) is 7.09. The summed E-state index contributed by atoms with van der Waals surface area (Å²) in [6.07, 6.45) is 1.83. The molecule has 1 amide bonds. The van der Waals surface area contributed by atoms with E-state index < -0.39 is 11.8 Å². The number of benzene rings is 2. The summed E-state index contributed by atoms with van der Waals surface area (Å²) < 4.78 is 16.1. The van der Waals surface area contributed by atoms with Crippen LogP contribution in [-0.4, -0.2) is 43.1 Å². The van der Waals surface area contributed by atoms with Gasteiger partial charge in [-0.3, -0.25) is 9.78 Å². The standard InChI is InChI=1S/C30H28FN5O3S/c1-18-17-22(19(2)36(18)21-12-10-20(11-13-21)29(38)39)28-27(25-9-5-6-15-32-25)34-30(40)35(28)16-14-26(37)33-24-8-4-3-7-23(24)31/h3-13,15,17,27-28H,14,16H2,1-2H3,(H,33,37)(H,34,40)(H,38,39)/t27-,28-/m1/s1. The van der Waals surface area contributed by atoms with E-state index in [0.29, 0.717) is 11.7 Å². The van der Waals surface area contributed by atoms with Gasteiger partial charge in [-0.15, -0.1) is 0 Å². The lowest BCUT2D eigenvalue weighted by molar-refractivity contribution is -0.116. The van der Waals surface area contributed by atoms with Crippen molar-refractivity contribution in [3.8, 4) is 5.69 Å². The molecule has 0 unspecified atom stereocenters. The maximum atomic E-state index is 14.1. The van der Waals surface area contributed by atoms with E-state index in [1.54, 1.807) is 42.6 Å². The minimum absolute atomic E-state index is 0.0942. The molecule has 0 spiro atoms. The molecule has 1 saturated heterocycles. The van der Waals surface area contributed by atoms with E-state index in [1.165, 1.54) is 12.1 Å². The zero-order chi connectivity index (χ0) is 28.4. The van der Waals surface area contributed by atoms with Crippen molar-refractivity contribution >= 4 is 34.9 Å². The van der Waals surface area contributed by atoms with E-state index >= 15 is 0 Å². The molecule has 2 aromatic carbocycles. The molecule has 4 aromatic rings.